The van der Waals surface area contributed by atoms with E-state index >= 15 is 0 Å². The van der Waals surface area contributed by atoms with Crippen LogP contribution in [-0.2, 0) is 0 Å². The van der Waals surface area contributed by atoms with Gasteiger partial charge in [-0.2, -0.15) is 0 Å². The van der Waals surface area contributed by atoms with Crippen LogP contribution in [0.4, 0.5) is 0 Å². The SMILES string of the molecule is CCNCCN1CCCN2CCCC2C1. The summed E-state index contributed by atoms with van der Waals surface area (Å²) >= 11 is 0. The van der Waals surface area contributed by atoms with Crippen molar-refractivity contribution in [2.45, 2.75) is 32.2 Å². The molecule has 2 rings (SSSR count). The largest absolute Gasteiger partial charge is 0.316 e. The first-order chi connectivity index (χ1) is 7.40. The van der Waals surface area contributed by atoms with Gasteiger partial charge in [0.2, 0.25) is 0 Å². The van der Waals surface area contributed by atoms with Crippen LogP contribution in [0.15, 0.2) is 0 Å². The predicted octanol–water partition coefficient (Wildman–Crippen LogP) is 0.766. The van der Waals surface area contributed by atoms with Crippen LogP contribution in [-0.4, -0.2) is 61.7 Å². The Balaban J connectivity index is 1.75. The number of hydrogen-bond acceptors (Lipinski definition) is 3. The maximum Gasteiger partial charge on any atom is 0.0223 e. The van der Waals surface area contributed by atoms with E-state index in [0.717, 1.165) is 19.1 Å². The first-order valence-electron chi connectivity index (χ1n) is 6.57. The molecule has 3 heteroatoms. The first kappa shape index (κ1) is 11.4. The Morgan fingerprint density at radius 3 is 2.93 bits per heavy atom. The highest BCUT2D eigenvalue weighted by molar-refractivity contribution is 4.84. The third-order valence-corrected chi connectivity index (χ3v) is 3.74. The quantitative estimate of drug-likeness (QED) is 0.693. The molecule has 2 aliphatic rings. The smallest absolute Gasteiger partial charge is 0.0223 e. The third-order valence-electron chi connectivity index (χ3n) is 3.74. The molecule has 0 aromatic heterocycles. The van der Waals surface area contributed by atoms with Crippen molar-refractivity contribution in [3.05, 3.63) is 0 Å². The van der Waals surface area contributed by atoms with Crippen LogP contribution < -0.4 is 5.32 Å². The lowest BCUT2D eigenvalue weighted by atomic mass is 10.2. The molecule has 15 heavy (non-hydrogen) atoms. The highest BCUT2D eigenvalue weighted by atomic mass is 15.3. The fraction of sp³-hybridized carbons (Fsp3) is 1.00. The molecule has 0 spiro atoms. The monoisotopic (exact) mass is 211 g/mol. The van der Waals surface area contributed by atoms with E-state index in [4.69, 9.17) is 0 Å². The summed E-state index contributed by atoms with van der Waals surface area (Å²) in [5, 5.41) is 3.42. The molecule has 0 bridgehead atoms. The Bertz CT molecular complexity index is 184. The van der Waals surface area contributed by atoms with Gasteiger partial charge in [-0.15, -0.1) is 0 Å². The fourth-order valence-corrected chi connectivity index (χ4v) is 2.90. The standard InChI is InChI=1S/C12H25N3/c1-2-13-6-10-14-7-4-9-15-8-3-5-12(15)11-14/h12-13H,2-11H2,1H3. The van der Waals surface area contributed by atoms with Gasteiger partial charge in [0.15, 0.2) is 0 Å². The molecule has 88 valence electrons. The molecule has 2 heterocycles. The van der Waals surface area contributed by atoms with E-state index in [-0.39, 0.29) is 0 Å². The van der Waals surface area contributed by atoms with Crippen LogP contribution >= 0.6 is 0 Å². The molecule has 1 N–H and O–H groups in total. The van der Waals surface area contributed by atoms with Crippen molar-refractivity contribution < 1.29 is 0 Å². The van der Waals surface area contributed by atoms with Crippen molar-refractivity contribution in [3.8, 4) is 0 Å². The molecule has 2 saturated heterocycles. The van der Waals surface area contributed by atoms with Crippen LogP contribution in [0.5, 0.6) is 0 Å². The molecule has 0 aliphatic carbocycles. The topological polar surface area (TPSA) is 18.5 Å². The maximum atomic E-state index is 3.42. The molecule has 0 amide bonds. The molecule has 0 saturated carbocycles. The predicted molar refractivity (Wildman–Crippen MR) is 64.2 cm³/mol. The van der Waals surface area contributed by atoms with Gasteiger partial charge in [-0.25, -0.2) is 0 Å². The fourth-order valence-electron chi connectivity index (χ4n) is 2.90. The summed E-state index contributed by atoms with van der Waals surface area (Å²) in [6, 6.07) is 0.870. The number of fused-ring (bicyclic) bond motifs is 1. The van der Waals surface area contributed by atoms with E-state index in [0.29, 0.717) is 0 Å². The molecular formula is C12H25N3. The molecule has 2 fully saturated rings. The van der Waals surface area contributed by atoms with Crippen LogP contribution in [0.25, 0.3) is 0 Å². The lowest BCUT2D eigenvalue weighted by Gasteiger charge is -2.25. The van der Waals surface area contributed by atoms with Gasteiger partial charge in [0.05, 0.1) is 0 Å². The Morgan fingerprint density at radius 1 is 1.20 bits per heavy atom. The highest BCUT2D eigenvalue weighted by Crippen LogP contribution is 2.20. The van der Waals surface area contributed by atoms with E-state index in [1.165, 1.54) is 52.0 Å². The summed E-state index contributed by atoms with van der Waals surface area (Å²) in [6.07, 6.45) is 4.21. The van der Waals surface area contributed by atoms with Gasteiger partial charge in [-0.05, 0) is 45.4 Å². The van der Waals surface area contributed by atoms with Crippen molar-refractivity contribution in [2.24, 2.45) is 0 Å². The molecule has 1 atom stereocenters. The summed E-state index contributed by atoms with van der Waals surface area (Å²) in [5.41, 5.74) is 0. The van der Waals surface area contributed by atoms with Crippen molar-refractivity contribution in [1.82, 2.24) is 15.1 Å². The van der Waals surface area contributed by atoms with E-state index in [2.05, 4.69) is 22.0 Å². The second kappa shape index (κ2) is 5.83. The van der Waals surface area contributed by atoms with E-state index < -0.39 is 0 Å². The Morgan fingerprint density at radius 2 is 2.07 bits per heavy atom. The summed E-state index contributed by atoms with van der Waals surface area (Å²) in [6.45, 7) is 11.0. The van der Waals surface area contributed by atoms with E-state index in [1.54, 1.807) is 0 Å². The van der Waals surface area contributed by atoms with Crippen molar-refractivity contribution in [2.75, 3.05) is 45.8 Å². The zero-order chi connectivity index (χ0) is 10.5. The second-order valence-corrected chi connectivity index (χ2v) is 4.84. The van der Waals surface area contributed by atoms with Crippen LogP contribution in [0.3, 0.4) is 0 Å². The normalized spacial score (nSPS) is 29.0. The van der Waals surface area contributed by atoms with Crippen molar-refractivity contribution in [3.63, 3.8) is 0 Å². The van der Waals surface area contributed by atoms with Gasteiger partial charge in [-0.1, -0.05) is 6.92 Å². The second-order valence-electron chi connectivity index (χ2n) is 4.84. The van der Waals surface area contributed by atoms with Crippen molar-refractivity contribution in [1.29, 1.82) is 0 Å². The lowest BCUT2D eigenvalue weighted by Crippen LogP contribution is -2.39. The molecule has 3 nitrogen and oxygen atoms in total. The third kappa shape index (κ3) is 3.16. The molecular weight excluding hydrogens is 186 g/mol. The van der Waals surface area contributed by atoms with Gasteiger partial charge in [0.1, 0.15) is 0 Å². The van der Waals surface area contributed by atoms with Gasteiger partial charge >= 0.3 is 0 Å². The molecule has 0 aromatic carbocycles. The molecule has 0 radical (unpaired) electrons. The average molecular weight is 211 g/mol. The number of nitrogens with one attached hydrogen (secondary N) is 1. The van der Waals surface area contributed by atoms with Crippen LogP contribution in [0.1, 0.15) is 26.2 Å². The van der Waals surface area contributed by atoms with E-state index in [1.807, 2.05) is 0 Å². The van der Waals surface area contributed by atoms with Gasteiger partial charge < -0.3 is 10.2 Å². The molecule has 0 aromatic rings. The van der Waals surface area contributed by atoms with Crippen LogP contribution in [0.2, 0.25) is 0 Å². The van der Waals surface area contributed by atoms with Crippen LogP contribution in [0, 0.1) is 0 Å². The Labute approximate surface area is 93.8 Å². The minimum absolute atomic E-state index is 0.870. The zero-order valence-corrected chi connectivity index (χ0v) is 10.0. The lowest BCUT2D eigenvalue weighted by molar-refractivity contribution is 0.220. The minimum atomic E-state index is 0.870. The zero-order valence-electron chi connectivity index (χ0n) is 10.0. The minimum Gasteiger partial charge on any atom is -0.316 e. The van der Waals surface area contributed by atoms with Crippen molar-refractivity contribution >= 4 is 0 Å². The maximum absolute atomic E-state index is 3.42. The average Bonchev–Trinajstić information content (AvgIpc) is 2.58. The summed E-state index contributed by atoms with van der Waals surface area (Å²) in [5.74, 6) is 0. The number of hydrogen-bond donors (Lipinski definition) is 1. The molecule has 1 unspecified atom stereocenters. The number of rotatable bonds is 4. The van der Waals surface area contributed by atoms with Gasteiger partial charge in [0, 0.05) is 25.7 Å². The molecule has 2 aliphatic heterocycles. The Hall–Kier alpha value is -0.120. The van der Waals surface area contributed by atoms with E-state index in [9.17, 15) is 0 Å². The summed E-state index contributed by atoms with van der Waals surface area (Å²) in [4.78, 5) is 5.35. The highest BCUT2D eigenvalue weighted by Gasteiger charge is 2.28. The van der Waals surface area contributed by atoms with Gasteiger partial charge in [-0.3, -0.25) is 4.90 Å². The van der Waals surface area contributed by atoms with Gasteiger partial charge in [0.25, 0.3) is 0 Å². The summed E-state index contributed by atoms with van der Waals surface area (Å²) < 4.78 is 0. The summed E-state index contributed by atoms with van der Waals surface area (Å²) in [7, 11) is 0. The Kier molecular flexibility index (Phi) is 4.42. The number of likely N-dealkylation sites (N-methyl/N-ethyl adjacent to an activating group) is 1. The number of nitrogens with zero attached hydrogens (tertiary/aromatic N) is 2. The first-order valence-corrected chi connectivity index (χ1v) is 6.57.